The zero-order valence-electron chi connectivity index (χ0n) is 8.71. The summed E-state index contributed by atoms with van der Waals surface area (Å²) in [6, 6.07) is 0. The molecule has 3 aliphatic rings. The van der Waals surface area contributed by atoms with Crippen molar-refractivity contribution in [3.8, 4) is 0 Å². The van der Waals surface area contributed by atoms with Gasteiger partial charge in [-0.15, -0.1) is 0 Å². The Balaban J connectivity index is 1.98. The summed E-state index contributed by atoms with van der Waals surface area (Å²) in [5.74, 6) is 0.812. The topological polar surface area (TPSA) is 40.5 Å². The average molecular weight is 196 g/mol. The van der Waals surface area contributed by atoms with E-state index in [-0.39, 0.29) is 5.92 Å². The van der Waals surface area contributed by atoms with Crippen LogP contribution in [0.4, 0.5) is 0 Å². The second kappa shape index (κ2) is 2.73. The highest BCUT2D eigenvalue weighted by molar-refractivity contribution is 5.11. The summed E-state index contributed by atoms with van der Waals surface area (Å²) in [7, 11) is 0. The molecule has 2 N–H and O–H groups in total. The molecule has 3 fully saturated rings. The quantitative estimate of drug-likeness (QED) is 0.620. The molecule has 0 amide bonds. The first-order valence-corrected chi connectivity index (χ1v) is 6.09. The van der Waals surface area contributed by atoms with Gasteiger partial charge in [-0.1, -0.05) is 12.8 Å². The minimum atomic E-state index is -0.502. The monoisotopic (exact) mass is 196 g/mol. The van der Waals surface area contributed by atoms with Gasteiger partial charge < -0.3 is 10.2 Å². The zero-order chi connectivity index (χ0) is 9.81. The van der Waals surface area contributed by atoms with E-state index < -0.39 is 11.2 Å². The van der Waals surface area contributed by atoms with Gasteiger partial charge in [-0.25, -0.2) is 0 Å². The summed E-state index contributed by atoms with van der Waals surface area (Å²) in [6.07, 6.45) is 8.31. The molecule has 2 nitrogen and oxygen atoms in total. The summed E-state index contributed by atoms with van der Waals surface area (Å²) in [5.41, 5.74) is -1.00. The summed E-state index contributed by atoms with van der Waals surface area (Å²) < 4.78 is 0. The number of hydrogen-bond donors (Lipinski definition) is 2. The Morgan fingerprint density at radius 1 is 0.786 bits per heavy atom. The molecule has 0 radical (unpaired) electrons. The molecule has 0 aromatic carbocycles. The van der Waals surface area contributed by atoms with E-state index in [2.05, 4.69) is 0 Å². The largest absolute Gasteiger partial charge is 0.389 e. The van der Waals surface area contributed by atoms with Gasteiger partial charge in [0.1, 0.15) is 0 Å². The van der Waals surface area contributed by atoms with Gasteiger partial charge in [0, 0.05) is 5.92 Å². The van der Waals surface area contributed by atoms with Gasteiger partial charge in [-0.3, -0.25) is 0 Å². The van der Waals surface area contributed by atoms with E-state index in [9.17, 15) is 10.2 Å². The van der Waals surface area contributed by atoms with Crippen molar-refractivity contribution in [1.82, 2.24) is 0 Å². The molecule has 0 aromatic rings. The van der Waals surface area contributed by atoms with Crippen LogP contribution in [0.2, 0.25) is 0 Å². The van der Waals surface area contributed by atoms with Crippen LogP contribution in [0.5, 0.6) is 0 Å². The molecule has 2 unspecified atom stereocenters. The van der Waals surface area contributed by atoms with E-state index in [1.165, 1.54) is 12.8 Å². The predicted octanol–water partition coefficient (Wildman–Crippen LogP) is 1.84. The lowest BCUT2D eigenvalue weighted by Gasteiger charge is -2.49. The third-order valence-corrected chi connectivity index (χ3v) is 4.99. The van der Waals surface area contributed by atoms with Gasteiger partial charge in [0.15, 0.2) is 0 Å². The first-order chi connectivity index (χ1) is 6.64. The van der Waals surface area contributed by atoms with E-state index in [1.807, 2.05) is 0 Å². The maximum absolute atomic E-state index is 10.5. The fourth-order valence-electron chi connectivity index (χ4n) is 4.50. The third-order valence-electron chi connectivity index (χ3n) is 4.99. The van der Waals surface area contributed by atoms with E-state index in [1.54, 1.807) is 0 Å². The maximum atomic E-state index is 10.5. The molecule has 2 heteroatoms. The second-order valence-electron chi connectivity index (χ2n) is 5.73. The van der Waals surface area contributed by atoms with Crippen molar-refractivity contribution < 1.29 is 10.2 Å². The molecule has 3 aliphatic carbocycles. The fraction of sp³-hybridized carbons (Fsp3) is 1.00. The van der Waals surface area contributed by atoms with E-state index in [4.69, 9.17) is 0 Å². The summed E-state index contributed by atoms with van der Waals surface area (Å²) in [5, 5.41) is 21.0. The second-order valence-corrected chi connectivity index (χ2v) is 5.73. The van der Waals surface area contributed by atoms with Crippen molar-refractivity contribution in [3.63, 3.8) is 0 Å². The molecule has 0 heterocycles. The van der Waals surface area contributed by atoms with Crippen LogP contribution in [0.25, 0.3) is 0 Å². The zero-order valence-corrected chi connectivity index (χ0v) is 8.71. The highest BCUT2D eigenvalue weighted by atomic mass is 16.3. The Kier molecular flexibility index (Phi) is 1.79. The fourth-order valence-corrected chi connectivity index (χ4v) is 4.50. The van der Waals surface area contributed by atoms with Crippen LogP contribution >= 0.6 is 0 Å². The Bertz CT molecular complexity index is 229. The molecule has 0 aromatic heterocycles. The number of aliphatic hydroxyl groups is 2. The molecule has 14 heavy (non-hydrogen) atoms. The van der Waals surface area contributed by atoms with E-state index in [0.717, 1.165) is 38.5 Å². The lowest BCUT2D eigenvalue weighted by Crippen LogP contribution is -2.52. The smallest absolute Gasteiger partial charge is 0.0707 e. The van der Waals surface area contributed by atoms with Crippen molar-refractivity contribution >= 4 is 0 Å². The van der Waals surface area contributed by atoms with Gasteiger partial charge in [0.05, 0.1) is 11.2 Å². The Morgan fingerprint density at radius 2 is 1.29 bits per heavy atom. The Morgan fingerprint density at radius 3 is 1.79 bits per heavy atom. The van der Waals surface area contributed by atoms with E-state index >= 15 is 0 Å². The standard InChI is InChI=1S/C12H20O2/c13-11-5-1-3-9-4-2-6-12(14,8-7-11)10(9)11/h9-10,13-14H,1-8H2. The molecule has 0 bridgehead atoms. The van der Waals surface area contributed by atoms with Crippen LogP contribution in [-0.4, -0.2) is 21.4 Å². The highest BCUT2D eigenvalue weighted by Crippen LogP contribution is 2.58. The Hall–Kier alpha value is -0.0800. The lowest BCUT2D eigenvalue weighted by atomic mass is 9.61. The van der Waals surface area contributed by atoms with Gasteiger partial charge >= 0.3 is 0 Å². The first kappa shape index (κ1) is 9.17. The van der Waals surface area contributed by atoms with Crippen LogP contribution in [0.15, 0.2) is 0 Å². The van der Waals surface area contributed by atoms with Gasteiger partial charge in [-0.2, -0.15) is 0 Å². The van der Waals surface area contributed by atoms with Crippen LogP contribution in [0, 0.1) is 11.8 Å². The summed E-state index contributed by atoms with van der Waals surface area (Å²) in [6.45, 7) is 0. The molecule has 2 atom stereocenters. The summed E-state index contributed by atoms with van der Waals surface area (Å²) >= 11 is 0. The number of hydrogen-bond acceptors (Lipinski definition) is 2. The molecular weight excluding hydrogens is 176 g/mol. The van der Waals surface area contributed by atoms with Crippen molar-refractivity contribution in [1.29, 1.82) is 0 Å². The van der Waals surface area contributed by atoms with Crippen LogP contribution in [-0.2, 0) is 0 Å². The van der Waals surface area contributed by atoms with Gasteiger partial charge in [0.2, 0.25) is 0 Å². The predicted molar refractivity (Wildman–Crippen MR) is 53.8 cm³/mol. The van der Waals surface area contributed by atoms with Gasteiger partial charge in [0.25, 0.3) is 0 Å². The van der Waals surface area contributed by atoms with Crippen molar-refractivity contribution in [2.75, 3.05) is 0 Å². The van der Waals surface area contributed by atoms with Crippen LogP contribution in [0.1, 0.15) is 51.4 Å². The molecular formula is C12H20O2. The molecule has 3 rings (SSSR count). The highest BCUT2D eigenvalue weighted by Gasteiger charge is 2.60. The van der Waals surface area contributed by atoms with Crippen LogP contribution in [0.3, 0.4) is 0 Å². The van der Waals surface area contributed by atoms with Crippen molar-refractivity contribution in [2.24, 2.45) is 11.8 Å². The lowest BCUT2D eigenvalue weighted by molar-refractivity contribution is -0.141. The maximum Gasteiger partial charge on any atom is 0.0707 e. The van der Waals surface area contributed by atoms with Crippen molar-refractivity contribution in [3.05, 3.63) is 0 Å². The minimum absolute atomic E-state index is 0.206. The Labute approximate surface area is 85.3 Å². The van der Waals surface area contributed by atoms with Gasteiger partial charge in [-0.05, 0) is 44.4 Å². The molecule has 3 saturated carbocycles. The van der Waals surface area contributed by atoms with E-state index in [0.29, 0.717) is 5.92 Å². The molecule has 0 aliphatic heterocycles. The van der Waals surface area contributed by atoms with Crippen LogP contribution < -0.4 is 0 Å². The number of rotatable bonds is 0. The summed E-state index contributed by atoms with van der Waals surface area (Å²) in [4.78, 5) is 0. The molecule has 80 valence electrons. The minimum Gasteiger partial charge on any atom is -0.389 e. The molecule has 0 spiro atoms. The SMILES string of the molecule is OC12CCCC3CCCC(O)(CC1)C32. The average Bonchev–Trinajstić information content (AvgIpc) is 2.42. The first-order valence-electron chi connectivity index (χ1n) is 6.09. The van der Waals surface area contributed by atoms with Crippen molar-refractivity contribution in [2.45, 2.75) is 62.6 Å². The third kappa shape index (κ3) is 1.04. The normalized spacial score (nSPS) is 57.0. The molecule has 0 saturated heterocycles.